The zero-order chi connectivity index (χ0) is 22.7. The summed E-state index contributed by atoms with van der Waals surface area (Å²) in [7, 11) is 0. The summed E-state index contributed by atoms with van der Waals surface area (Å²) in [6, 6.07) is 12.0. The lowest BCUT2D eigenvalue weighted by molar-refractivity contribution is -0.116. The maximum atomic E-state index is 13.4. The number of nitrogens with zero attached hydrogens (tertiary/aromatic N) is 3. The van der Waals surface area contributed by atoms with Crippen molar-refractivity contribution in [2.75, 3.05) is 31.6 Å². The Bertz CT molecular complexity index is 1110. The Hall–Kier alpha value is -2.97. The van der Waals surface area contributed by atoms with Gasteiger partial charge in [0.1, 0.15) is 5.00 Å². The molecule has 1 aromatic carbocycles. The molecule has 1 fully saturated rings. The van der Waals surface area contributed by atoms with E-state index in [1.807, 2.05) is 61.9 Å². The van der Waals surface area contributed by atoms with Gasteiger partial charge in [0, 0.05) is 36.6 Å². The second kappa shape index (κ2) is 9.67. The molecule has 0 saturated carbocycles. The summed E-state index contributed by atoms with van der Waals surface area (Å²) in [5, 5.41) is 8.05. The Labute approximate surface area is 192 Å². The average Bonchev–Trinajstić information content (AvgIpc) is 3.30. The summed E-state index contributed by atoms with van der Waals surface area (Å²) in [5.74, 6) is -0.187. The summed E-state index contributed by atoms with van der Waals surface area (Å²) in [6.45, 7) is 8.54. The molecule has 8 heteroatoms. The quantitative estimate of drug-likeness (QED) is 0.612. The van der Waals surface area contributed by atoms with Gasteiger partial charge < -0.3 is 15.0 Å². The van der Waals surface area contributed by atoms with E-state index in [1.165, 1.54) is 11.3 Å². The lowest BCUT2D eigenvalue weighted by Gasteiger charge is -2.27. The number of hydrogen-bond acceptors (Lipinski definition) is 5. The summed E-state index contributed by atoms with van der Waals surface area (Å²) < 4.78 is 7.24. The van der Waals surface area contributed by atoms with Crippen LogP contribution in [0.3, 0.4) is 0 Å². The molecule has 0 spiro atoms. The van der Waals surface area contributed by atoms with Crippen molar-refractivity contribution < 1.29 is 14.3 Å². The van der Waals surface area contributed by atoms with Crippen LogP contribution < -0.4 is 5.32 Å². The first-order valence-electron chi connectivity index (χ1n) is 10.8. The van der Waals surface area contributed by atoms with Crippen molar-refractivity contribution >= 4 is 28.2 Å². The van der Waals surface area contributed by atoms with Crippen LogP contribution in [0.15, 0.2) is 36.4 Å². The first-order chi connectivity index (χ1) is 15.4. The van der Waals surface area contributed by atoms with Crippen molar-refractivity contribution in [2.45, 2.75) is 33.7 Å². The molecule has 1 aliphatic rings. The van der Waals surface area contributed by atoms with Gasteiger partial charge in [-0.25, -0.2) is 0 Å². The molecule has 0 atom stereocenters. The van der Waals surface area contributed by atoms with E-state index < -0.39 is 0 Å². The highest BCUT2D eigenvalue weighted by molar-refractivity contribution is 7.20. The van der Waals surface area contributed by atoms with E-state index >= 15 is 0 Å². The first-order valence-corrected chi connectivity index (χ1v) is 11.6. The van der Waals surface area contributed by atoms with Crippen LogP contribution in [0.2, 0.25) is 0 Å². The highest BCUT2D eigenvalue weighted by Crippen LogP contribution is 2.40. The number of anilines is 1. The molecular formula is C24H28N4O3S. The number of rotatable bonds is 6. The van der Waals surface area contributed by atoms with Gasteiger partial charge in [-0.2, -0.15) is 5.10 Å². The monoisotopic (exact) mass is 452 g/mol. The minimum absolute atomic E-state index is 0.0573. The zero-order valence-electron chi connectivity index (χ0n) is 18.7. The fourth-order valence-electron chi connectivity index (χ4n) is 3.95. The largest absolute Gasteiger partial charge is 0.378 e. The Morgan fingerprint density at radius 3 is 2.50 bits per heavy atom. The van der Waals surface area contributed by atoms with E-state index in [9.17, 15) is 9.59 Å². The van der Waals surface area contributed by atoms with Gasteiger partial charge in [0.05, 0.1) is 24.5 Å². The third kappa shape index (κ3) is 4.76. The highest BCUT2D eigenvalue weighted by Gasteiger charge is 2.28. The fraction of sp³-hybridized carbons (Fsp3) is 0.375. The number of hydrogen-bond donors (Lipinski definition) is 1. The van der Waals surface area contributed by atoms with Crippen molar-refractivity contribution in [2.24, 2.45) is 0 Å². The number of ether oxygens (including phenoxy) is 1. The minimum atomic E-state index is -0.130. The van der Waals surface area contributed by atoms with Gasteiger partial charge >= 0.3 is 0 Å². The van der Waals surface area contributed by atoms with Crippen LogP contribution in [0.1, 0.15) is 33.7 Å². The van der Waals surface area contributed by atoms with Gasteiger partial charge in [0.15, 0.2) is 0 Å². The maximum absolute atomic E-state index is 13.4. The number of aromatic nitrogens is 2. The molecule has 4 rings (SSSR count). The molecule has 2 amide bonds. The minimum Gasteiger partial charge on any atom is -0.378 e. The summed E-state index contributed by atoms with van der Waals surface area (Å²) in [6.07, 6.45) is 0.283. The van der Waals surface area contributed by atoms with Crippen LogP contribution in [0.25, 0.3) is 10.4 Å². The molecule has 7 nitrogen and oxygen atoms in total. The molecule has 0 bridgehead atoms. The molecule has 2 aromatic heterocycles. The molecule has 1 N–H and O–H groups in total. The summed E-state index contributed by atoms with van der Waals surface area (Å²) in [4.78, 5) is 29.0. The number of morpholine rings is 1. The number of carbonyl (C=O) groups is 2. The third-order valence-electron chi connectivity index (χ3n) is 5.60. The van der Waals surface area contributed by atoms with Crippen molar-refractivity contribution in [3.8, 4) is 10.4 Å². The SMILES string of the molecule is Cc1cc(C)n(CCC(=O)Nc2sc(-c3ccccc3)c(C)c2C(=O)N2CCOCC2)n1. The predicted molar refractivity (Wildman–Crippen MR) is 126 cm³/mol. The van der Waals surface area contributed by atoms with E-state index in [0.717, 1.165) is 27.4 Å². The molecule has 3 heterocycles. The smallest absolute Gasteiger partial charge is 0.257 e. The lowest BCUT2D eigenvalue weighted by atomic mass is 10.1. The van der Waals surface area contributed by atoms with Gasteiger partial charge in [0.2, 0.25) is 5.91 Å². The number of aryl methyl sites for hydroxylation is 3. The third-order valence-corrected chi connectivity index (χ3v) is 6.86. The van der Waals surface area contributed by atoms with E-state index in [4.69, 9.17) is 4.74 Å². The van der Waals surface area contributed by atoms with Crippen LogP contribution in [0, 0.1) is 20.8 Å². The predicted octanol–water partition coefficient (Wildman–Crippen LogP) is 4.04. The molecule has 168 valence electrons. The number of carbonyl (C=O) groups excluding carboxylic acids is 2. The van der Waals surface area contributed by atoms with Crippen LogP contribution in [-0.4, -0.2) is 52.8 Å². The second-order valence-corrected chi connectivity index (χ2v) is 9.00. The maximum Gasteiger partial charge on any atom is 0.257 e. The summed E-state index contributed by atoms with van der Waals surface area (Å²) >= 11 is 1.46. The van der Waals surface area contributed by atoms with E-state index in [0.29, 0.717) is 43.4 Å². The zero-order valence-corrected chi connectivity index (χ0v) is 19.5. The van der Waals surface area contributed by atoms with Crippen LogP contribution in [-0.2, 0) is 16.1 Å². The van der Waals surface area contributed by atoms with Crippen molar-refractivity contribution in [1.29, 1.82) is 0 Å². The van der Waals surface area contributed by atoms with E-state index in [1.54, 1.807) is 4.90 Å². The first kappa shape index (κ1) is 22.2. The number of amides is 2. The van der Waals surface area contributed by atoms with E-state index in [-0.39, 0.29) is 18.2 Å². The summed E-state index contributed by atoms with van der Waals surface area (Å²) in [5.41, 5.74) is 4.47. The number of nitrogens with one attached hydrogen (secondary N) is 1. The second-order valence-electron chi connectivity index (χ2n) is 7.98. The standard InChI is InChI=1S/C24H28N4O3S/c1-16-15-17(2)28(26-16)10-9-20(29)25-23-21(24(30)27-11-13-31-14-12-27)18(3)22(32-23)19-7-5-4-6-8-19/h4-8,15H,9-14H2,1-3H3,(H,25,29). The van der Waals surface area contributed by atoms with Crippen molar-refractivity contribution in [3.63, 3.8) is 0 Å². The Kier molecular flexibility index (Phi) is 6.72. The van der Waals surface area contributed by atoms with Crippen molar-refractivity contribution in [3.05, 3.63) is 58.9 Å². The molecule has 1 aliphatic heterocycles. The Morgan fingerprint density at radius 2 is 1.84 bits per heavy atom. The van der Waals surface area contributed by atoms with Crippen LogP contribution in [0.5, 0.6) is 0 Å². The lowest BCUT2D eigenvalue weighted by Crippen LogP contribution is -2.41. The van der Waals surface area contributed by atoms with Crippen LogP contribution in [0.4, 0.5) is 5.00 Å². The molecule has 32 heavy (non-hydrogen) atoms. The van der Waals surface area contributed by atoms with Gasteiger partial charge in [-0.1, -0.05) is 30.3 Å². The number of thiophene rings is 1. The molecular weight excluding hydrogens is 424 g/mol. The van der Waals surface area contributed by atoms with Crippen LogP contribution >= 0.6 is 11.3 Å². The van der Waals surface area contributed by atoms with Gasteiger partial charge in [-0.3, -0.25) is 14.3 Å². The normalized spacial score (nSPS) is 13.9. The topological polar surface area (TPSA) is 76.5 Å². The van der Waals surface area contributed by atoms with Gasteiger partial charge in [0.25, 0.3) is 5.91 Å². The average molecular weight is 453 g/mol. The van der Waals surface area contributed by atoms with Crippen molar-refractivity contribution in [1.82, 2.24) is 14.7 Å². The molecule has 0 radical (unpaired) electrons. The van der Waals surface area contributed by atoms with Gasteiger partial charge in [-0.15, -0.1) is 11.3 Å². The number of benzene rings is 1. The molecule has 0 aliphatic carbocycles. The van der Waals surface area contributed by atoms with E-state index in [2.05, 4.69) is 10.4 Å². The highest BCUT2D eigenvalue weighted by atomic mass is 32.1. The molecule has 3 aromatic rings. The van der Waals surface area contributed by atoms with Gasteiger partial charge in [-0.05, 0) is 38.0 Å². The Balaban J connectivity index is 1.59. The molecule has 0 unspecified atom stereocenters. The Morgan fingerprint density at radius 1 is 1.12 bits per heavy atom. The fourth-order valence-corrected chi connectivity index (χ4v) is 5.17. The molecule has 1 saturated heterocycles.